The first-order chi connectivity index (χ1) is 13.3. The maximum Gasteiger partial charge on any atom is 0.339 e. The highest BCUT2D eigenvalue weighted by Crippen LogP contribution is 2.27. The number of carbonyl (C=O) groups is 2. The van der Waals surface area contributed by atoms with Crippen LogP contribution in [0.5, 0.6) is 0 Å². The maximum atomic E-state index is 12.7. The van der Waals surface area contributed by atoms with Crippen molar-refractivity contribution in [2.24, 2.45) is 0 Å². The molecule has 0 radical (unpaired) electrons. The van der Waals surface area contributed by atoms with Crippen LogP contribution >= 0.6 is 0 Å². The van der Waals surface area contributed by atoms with Crippen molar-refractivity contribution in [2.75, 3.05) is 6.61 Å². The van der Waals surface area contributed by atoms with Gasteiger partial charge >= 0.3 is 5.97 Å². The Bertz CT molecular complexity index is 1010. The number of hydrogen-bond donors (Lipinski definition) is 1. The summed E-state index contributed by atoms with van der Waals surface area (Å²) in [4.78, 5) is 29.3. The minimum atomic E-state index is -0.625. The Morgan fingerprint density at radius 2 is 1.93 bits per heavy atom. The number of nitrogens with one attached hydrogen (secondary N) is 1. The lowest BCUT2D eigenvalue weighted by Gasteiger charge is -2.24. The fourth-order valence-electron chi connectivity index (χ4n) is 2.72. The molecule has 0 spiro atoms. The number of pyridine rings is 1. The van der Waals surface area contributed by atoms with Crippen LogP contribution in [0, 0.1) is 6.92 Å². The number of amides is 1. The second kappa shape index (κ2) is 7.80. The summed E-state index contributed by atoms with van der Waals surface area (Å²) >= 11 is 0. The Kier molecular flexibility index (Phi) is 5.44. The van der Waals surface area contributed by atoms with Gasteiger partial charge in [0.05, 0.1) is 22.3 Å². The molecule has 0 aliphatic carbocycles. The molecule has 0 aliphatic rings. The Labute approximate surface area is 163 Å². The number of esters is 1. The molecule has 2 heterocycles. The number of rotatable bonds is 6. The summed E-state index contributed by atoms with van der Waals surface area (Å²) in [6.45, 7) is 7.15. The molecular weight excluding hydrogens is 358 g/mol. The third-order valence-corrected chi connectivity index (χ3v) is 4.60. The predicted molar refractivity (Wildman–Crippen MR) is 105 cm³/mol. The largest absolute Gasteiger partial charge is 0.452 e. The van der Waals surface area contributed by atoms with E-state index in [2.05, 4.69) is 15.5 Å². The summed E-state index contributed by atoms with van der Waals surface area (Å²) in [7, 11) is 0. The van der Waals surface area contributed by atoms with Gasteiger partial charge in [0, 0.05) is 11.1 Å². The average molecular weight is 381 g/mol. The van der Waals surface area contributed by atoms with Crippen LogP contribution in [-0.2, 0) is 9.53 Å². The van der Waals surface area contributed by atoms with E-state index in [1.54, 1.807) is 13.0 Å². The first kappa shape index (κ1) is 19.5. The molecule has 1 amide bonds. The van der Waals surface area contributed by atoms with E-state index in [0.29, 0.717) is 16.8 Å². The quantitative estimate of drug-likeness (QED) is 0.655. The van der Waals surface area contributed by atoms with E-state index in [0.717, 1.165) is 12.0 Å². The number of benzene rings is 1. The van der Waals surface area contributed by atoms with Crippen LogP contribution in [0.4, 0.5) is 0 Å². The SMILES string of the molecule is CCC(C)(C)NC(=O)COC(=O)c1cc(-c2ccccc2)nc2onc(C)c12. The number of hydrogen-bond acceptors (Lipinski definition) is 6. The molecule has 0 aliphatic heterocycles. The van der Waals surface area contributed by atoms with E-state index >= 15 is 0 Å². The van der Waals surface area contributed by atoms with Gasteiger partial charge in [-0.3, -0.25) is 4.79 Å². The smallest absolute Gasteiger partial charge is 0.339 e. The monoisotopic (exact) mass is 381 g/mol. The maximum absolute atomic E-state index is 12.7. The van der Waals surface area contributed by atoms with Crippen molar-refractivity contribution in [2.45, 2.75) is 39.7 Å². The van der Waals surface area contributed by atoms with Crippen LogP contribution in [0.15, 0.2) is 40.9 Å². The molecule has 0 unspecified atom stereocenters. The van der Waals surface area contributed by atoms with Gasteiger partial charge in [0.2, 0.25) is 0 Å². The van der Waals surface area contributed by atoms with E-state index in [1.807, 2.05) is 51.1 Å². The Balaban J connectivity index is 1.88. The van der Waals surface area contributed by atoms with Crippen molar-refractivity contribution in [3.63, 3.8) is 0 Å². The summed E-state index contributed by atoms with van der Waals surface area (Å²) < 4.78 is 10.5. The molecule has 0 fully saturated rings. The lowest BCUT2D eigenvalue weighted by atomic mass is 10.0. The van der Waals surface area contributed by atoms with Crippen molar-refractivity contribution in [1.29, 1.82) is 0 Å². The lowest BCUT2D eigenvalue weighted by molar-refractivity contribution is -0.125. The van der Waals surface area contributed by atoms with Gasteiger partial charge in [-0.1, -0.05) is 42.4 Å². The van der Waals surface area contributed by atoms with Crippen molar-refractivity contribution >= 4 is 23.0 Å². The average Bonchev–Trinajstić information content (AvgIpc) is 3.07. The van der Waals surface area contributed by atoms with Gasteiger partial charge in [-0.05, 0) is 33.3 Å². The van der Waals surface area contributed by atoms with Crippen molar-refractivity contribution in [1.82, 2.24) is 15.5 Å². The molecule has 0 saturated heterocycles. The van der Waals surface area contributed by atoms with Crippen molar-refractivity contribution < 1.29 is 18.8 Å². The zero-order valence-corrected chi connectivity index (χ0v) is 16.4. The fraction of sp³-hybridized carbons (Fsp3) is 0.333. The second-order valence-electron chi connectivity index (χ2n) is 7.23. The van der Waals surface area contributed by atoms with E-state index in [9.17, 15) is 9.59 Å². The summed E-state index contributed by atoms with van der Waals surface area (Å²) in [6, 6.07) is 11.1. The van der Waals surface area contributed by atoms with Gasteiger partial charge in [-0.15, -0.1) is 0 Å². The predicted octanol–water partition coefficient (Wildman–Crippen LogP) is 3.66. The van der Waals surface area contributed by atoms with Gasteiger partial charge < -0.3 is 14.6 Å². The van der Waals surface area contributed by atoms with Crippen molar-refractivity contribution in [3.05, 3.63) is 47.7 Å². The van der Waals surface area contributed by atoms with Gasteiger partial charge in [-0.25, -0.2) is 9.78 Å². The van der Waals surface area contributed by atoms with Crippen LogP contribution in [0.1, 0.15) is 43.2 Å². The molecule has 0 atom stereocenters. The molecule has 28 heavy (non-hydrogen) atoms. The van der Waals surface area contributed by atoms with Gasteiger partial charge in [0.1, 0.15) is 0 Å². The van der Waals surface area contributed by atoms with Gasteiger partial charge in [-0.2, -0.15) is 0 Å². The minimum Gasteiger partial charge on any atom is -0.452 e. The zero-order valence-electron chi connectivity index (χ0n) is 16.4. The molecule has 7 heteroatoms. The standard InChI is InChI=1S/C21H23N3O4/c1-5-21(3,4)23-17(25)12-27-20(26)15-11-16(14-9-7-6-8-10-14)22-19-18(15)13(2)24-28-19/h6-11H,5,12H2,1-4H3,(H,23,25). The molecule has 0 saturated carbocycles. The van der Waals surface area contributed by atoms with Crippen LogP contribution in [0.3, 0.4) is 0 Å². The Hall–Kier alpha value is -3.22. The fourth-order valence-corrected chi connectivity index (χ4v) is 2.72. The van der Waals surface area contributed by atoms with E-state index in [4.69, 9.17) is 9.26 Å². The van der Waals surface area contributed by atoms with Crippen molar-refractivity contribution in [3.8, 4) is 11.3 Å². The van der Waals surface area contributed by atoms with E-state index in [1.165, 1.54) is 0 Å². The number of fused-ring (bicyclic) bond motifs is 1. The van der Waals surface area contributed by atoms with E-state index < -0.39 is 5.97 Å². The highest BCUT2D eigenvalue weighted by atomic mass is 16.5. The third kappa shape index (κ3) is 4.19. The number of ether oxygens (including phenoxy) is 1. The molecular formula is C21H23N3O4. The molecule has 3 aromatic rings. The third-order valence-electron chi connectivity index (χ3n) is 4.60. The first-order valence-electron chi connectivity index (χ1n) is 9.11. The second-order valence-corrected chi connectivity index (χ2v) is 7.23. The number of nitrogens with zero attached hydrogens (tertiary/aromatic N) is 2. The lowest BCUT2D eigenvalue weighted by Crippen LogP contribution is -2.44. The highest BCUT2D eigenvalue weighted by molar-refractivity contribution is 6.04. The topological polar surface area (TPSA) is 94.3 Å². The van der Waals surface area contributed by atoms with Gasteiger partial charge in [0.15, 0.2) is 6.61 Å². The van der Waals surface area contributed by atoms with Crippen LogP contribution in [0.2, 0.25) is 0 Å². The summed E-state index contributed by atoms with van der Waals surface area (Å²) in [5.41, 5.74) is 2.08. The van der Waals surface area contributed by atoms with Crippen LogP contribution in [-0.4, -0.2) is 34.2 Å². The molecule has 3 rings (SSSR count). The number of carbonyl (C=O) groups excluding carboxylic acids is 2. The molecule has 0 bridgehead atoms. The number of aromatic nitrogens is 2. The summed E-state index contributed by atoms with van der Waals surface area (Å²) in [5, 5.41) is 7.22. The molecule has 7 nitrogen and oxygen atoms in total. The summed E-state index contributed by atoms with van der Waals surface area (Å²) in [6.07, 6.45) is 0.762. The number of aryl methyl sites for hydroxylation is 1. The van der Waals surface area contributed by atoms with Crippen LogP contribution in [0.25, 0.3) is 22.4 Å². The Morgan fingerprint density at radius 3 is 2.61 bits per heavy atom. The Morgan fingerprint density at radius 1 is 1.21 bits per heavy atom. The minimum absolute atomic E-state index is 0.252. The normalized spacial score (nSPS) is 11.4. The van der Waals surface area contributed by atoms with Gasteiger partial charge in [0.25, 0.3) is 11.6 Å². The van der Waals surface area contributed by atoms with E-state index in [-0.39, 0.29) is 29.3 Å². The first-order valence-corrected chi connectivity index (χ1v) is 9.11. The molecule has 146 valence electrons. The van der Waals surface area contributed by atoms with Crippen LogP contribution < -0.4 is 5.32 Å². The zero-order chi connectivity index (χ0) is 20.3. The molecule has 1 N–H and O–H groups in total. The molecule has 2 aromatic heterocycles. The molecule has 1 aromatic carbocycles. The highest BCUT2D eigenvalue weighted by Gasteiger charge is 2.23. The summed E-state index contributed by atoms with van der Waals surface area (Å²) in [5.74, 6) is -0.976.